The molecule has 0 N–H and O–H groups in total. The number of carbonyl (C=O) groups excluding carboxylic acids is 1. The van der Waals surface area contributed by atoms with Crippen molar-refractivity contribution in [3.05, 3.63) is 28.8 Å². The van der Waals surface area contributed by atoms with Crippen LogP contribution in [0.25, 0.3) is 0 Å². The molecule has 64 valence electrons. The summed E-state index contributed by atoms with van der Waals surface area (Å²) in [5.74, 6) is -1.30. The van der Waals surface area contributed by atoms with Crippen LogP contribution < -0.4 is 0 Å². The van der Waals surface area contributed by atoms with E-state index < -0.39 is 11.8 Å². The Balaban J connectivity index is 3.05. The third-order valence-corrected chi connectivity index (χ3v) is 1.46. The predicted octanol–water partition coefficient (Wildman–Crippen LogP) is 1.66. The predicted molar refractivity (Wildman–Crippen MR) is 40.5 cm³/mol. The lowest BCUT2D eigenvalue weighted by Crippen LogP contribution is -2.04. The van der Waals surface area contributed by atoms with Crippen molar-refractivity contribution in [2.75, 3.05) is 7.11 Å². The first-order valence-electron chi connectivity index (χ1n) is 3.05. The number of aromatic nitrogens is 1. The zero-order valence-corrected chi connectivity index (χ0v) is 6.93. The molecule has 0 atom stereocenters. The van der Waals surface area contributed by atoms with Crippen LogP contribution in [0.4, 0.5) is 4.39 Å². The lowest BCUT2D eigenvalue weighted by atomic mass is 10.3. The number of esters is 1. The van der Waals surface area contributed by atoms with Crippen molar-refractivity contribution in [2.24, 2.45) is 0 Å². The van der Waals surface area contributed by atoms with Gasteiger partial charge in [-0.05, 0) is 12.1 Å². The smallest absolute Gasteiger partial charge is 0.356 e. The van der Waals surface area contributed by atoms with E-state index in [1.165, 1.54) is 13.2 Å². The molecule has 0 aromatic carbocycles. The van der Waals surface area contributed by atoms with Crippen LogP contribution in [-0.2, 0) is 4.74 Å². The third kappa shape index (κ3) is 1.71. The van der Waals surface area contributed by atoms with E-state index in [0.717, 1.165) is 6.07 Å². The second-order valence-corrected chi connectivity index (χ2v) is 2.32. The molecule has 0 saturated heterocycles. The molecule has 0 saturated carbocycles. The molecule has 3 nitrogen and oxygen atoms in total. The fourth-order valence-corrected chi connectivity index (χ4v) is 0.790. The van der Waals surface area contributed by atoms with E-state index in [-0.39, 0.29) is 10.8 Å². The average molecular weight is 190 g/mol. The minimum Gasteiger partial charge on any atom is -0.464 e. The largest absolute Gasteiger partial charge is 0.464 e. The topological polar surface area (TPSA) is 39.2 Å². The van der Waals surface area contributed by atoms with Gasteiger partial charge in [-0.1, -0.05) is 11.6 Å². The van der Waals surface area contributed by atoms with E-state index >= 15 is 0 Å². The van der Waals surface area contributed by atoms with E-state index in [0.29, 0.717) is 0 Å². The van der Waals surface area contributed by atoms with Gasteiger partial charge in [0.1, 0.15) is 5.69 Å². The fourth-order valence-electron chi connectivity index (χ4n) is 0.636. The molecule has 1 heterocycles. The van der Waals surface area contributed by atoms with Crippen molar-refractivity contribution in [1.82, 2.24) is 4.98 Å². The highest BCUT2D eigenvalue weighted by atomic mass is 35.5. The summed E-state index contributed by atoms with van der Waals surface area (Å²) in [5.41, 5.74) is -0.0103. The van der Waals surface area contributed by atoms with Crippen LogP contribution in [0.5, 0.6) is 0 Å². The Hall–Kier alpha value is -1.16. The second-order valence-electron chi connectivity index (χ2n) is 1.96. The van der Waals surface area contributed by atoms with Crippen molar-refractivity contribution in [1.29, 1.82) is 0 Å². The van der Waals surface area contributed by atoms with Gasteiger partial charge in [-0.3, -0.25) is 0 Å². The normalized spacial score (nSPS) is 9.58. The molecule has 1 aromatic heterocycles. The van der Waals surface area contributed by atoms with E-state index in [9.17, 15) is 9.18 Å². The number of halogens is 2. The van der Waals surface area contributed by atoms with Crippen LogP contribution in [0, 0.1) is 5.82 Å². The minimum atomic E-state index is -0.663. The van der Waals surface area contributed by atoms with Gasteiger partial charge in [0, 0.05) is 0 Å². The standard InChI is InChI=1S/C7H5ClFNO2/c1-12-7(11)5-3-2-4(9)6(8)10-5/h2-3H,1H3. The number of nitrogens with zero attached hydrogens (tertiary/aromatic N) is 1. The summed E-state index contributed by atoms with van der Waals surface area (Å²) in [7, 11) is 1.21. The van der Waals surface area contributed by atoms with Crippen molar-refractivity contribution < 1.29 is 13.9 Å². The lowest BCUT2D eigenvalue weighted by Gasteiger charge is -1.98. The summed E-state index contributed by atoms with van der Waals surface area (Å²) >= 11 is 5.32. The average Bonchev–Trinajstić information content (AvgIpc) is 2.08. The molecule has 0 amide bonds. The van der Waals surface area contributed by atoms with Crippen LogP contribution in [0.3, 0.4) is 0 Å². The lowest BCUT2D eigenvalue weighted by molar-refractivity contribution is 0.0594. The molecule has 1 rings (SSSR count). The number of ether oxygens (including phenoxy) is 1. The molecule has 0 radical (unpaired) electrons. The summed E-state index contributed by atoms with van der Waals surface area (Å²) in [6, 6.07) is 2.26. The van der Waals surface area contributed by atoms with Gasteiger partial charge >= 0.3 is 5.97 Å². The highest BCUT2D eigenvalue weighted by molar-refractivity contribution is 6.29. The van der Waals surface area contributed by atoms with Gasteiger partial charge < -0.3 is 4.74 Å². The Bertz CT molecular complexity index is 316. The van der Waals surface area contributed by atoms with Gasteiger partial charge in [-0.2, -0.15) is 0 Å². The molecule has 0 spiro atoms. The van der Waals surface area contributed by atoms with E-state index in [1.807, 2.05) is 0 Å². The second kappa shape index (κ2) is 3.49. The van der Waals surface area contributed by atoms with Gasteiger partial charge in [-0.15, -0.1) is 0 Å². The Kier molecular flexibility index (Phi) is 2.60. The first-order valence-corrected chi connectivity index (χ1v) is 3.43. The Morgan fingerprint density at radius 3 is 2.83 bits per heavy atom. The fraction of sp³-hybridized carbons (Fsp3) is 0.143. The van der Waals surface area contributed by atoms with E-state index in [1.54, 1.807) is 0 Å². The van der Waals surface area contributed by atoms with Gasteiger partial charge in [0.25, 0.3) is 0 Å². The van der Waals surface area contributed by atoms with Gasteiger partial charge in [0.05, 0.1) is 7.11 Å². The first kappa shape index (κ1) is 8.93. The summed E-state index contributed by atoms with van der Waals surface area (Å²) < 4.78 is 16.9. The van der Waals surface area contributed by atoms with Gasteiger partial charge in [0.2, 0.25) is 0 Å². The zero-order valence-electron chi connectivity index (χ0n) is 6.17. The number of methoxy groups -OCH3 is 1. The number of pyridine rings is 1. The van der Waals surface area contributed by atoms with E-state index in [2.05, 4.69) is 9.72 Å². The first-order chi connectivity index (χ1) is 5.65. The molecule has 5 heteroatoms. The molecule has 0 aliphatic heterocycles. The maximum absolute atomic E-state index is 12.5. The number of hydrogen-bond donors (Lipinski definition) is 0. The van der Waals surface area contributed by atoms with Crippen LogP contribution in [0.2, 0.25) is 5.15 Å². The number of carbonyl (C=O) groups is 1. The quantitative estimate of drug-likeness (QED) is 0.498. The van der Waals surface area contributed by atoms with Gasteiger partial charge in [0.15, 0.2) is 11.0 Å². The van der Waals surface area contributed by atoms with Crippen LogP contribution >= 0.6 is 11.6 Å². The summed E-state index contributed by atoms with van der Waals surface area (Å²) in [5, 5.41) is -0.335. The molecule has 0 bridgehead atoms. The van der Waals surface area contributed by atoms with Crippen molar-refractivity contribution in [2.45, 2.75) is 0 Å². The number of hydrogen-bond acceptors (Lipinski definition) is 3. The molecular weight excluding hydrogens is 185 g/mol. The Labute approximate surface area is 73.1 Å². The molecule has 0 fully saturated rings. The maximum atomic E-state index is 12.5. The summed E-state index contributed by atoms with van der Waals surface area (Å²) in [6.07, 6.45) is 0. The van der Waals surface area contributed by atoms with E-state index in [4.69, 9.17) is 11.6 Å². The van der Waals surface area contributed by atoms with Crippen molar-refractivity contribution >= 4 is 17.6 Å². The van der Waals surface area contributed by atoms with Crippen LogP contribution in [0.1, 0.15) is 10.5 Å². The van der Waals surface area contributed by atoms with Crippen molar-refractivity contribution in [3.8, 4) is 0 Å². The Morgan fingerprint density at radius 1 is 1.67 bits per heavy atom. The van der Waals surface area contributed by atoms with Gasteiger partial charge in [-0.25, -0.2) is 14.2 Å². The zero-order chi connectivity index (χ0) is 9.14. The van der Waals surface area contributed by atoms with Crippen molar-refractivity contribution in [3.63, 3.8) is 0 Å². The highest BCUT2D eigenvalue weighted by Gasteiger charge is 2.09. The SMILES string of the molecule is COC(=O)c1ccc(F)c(Cl)n1. The number of rotatable bonds is 1. The molecule has 0 aliphatic carbocycles. The summed E-state index contributed by atoms with van der Waals surface area (Å²) in [6.45, 7) is 0. The minimum absolute atomic E-state index is 0.0103. The third-order valence-electron chi connectivity index (χ3n) is 1.20. The molecule has 12 heavy (non-hydrogen) atoms. The van der Waals surface area contributed by atoms with Crippen LogP contribution in [0.15, 0.2) is 12.1 Å². The molecule has 0 unspecified atom stereocenters. The van der Waals surface area contributed by atoms with Crippen LogP contribution in [-0.4, -0.2) is 18.1 Å². The Morgan fingerprint density at radius 2 is 2.33 bits per heavy atom. The summed E-state index contributed by atoms with van der Waals surface area (Å²) in [4.78, 5) is 14.3. The molecule has 0 aliphatic rings. The molecular formula is C7H5ClFNO2. The maximum Gasteiger partial charge on any atom is 0.356 e. The molecule has 1 aromatic rings. The highest BCUT2D eigenvalue weighted by Crippen LogP contribution is 2.11. The monoisotopic (exact) mass is 189 g/mol.